The lowest BCUT2D eigenvalue weighted by Gasteiger charge is -2.18. The highest BCUT2D eigenvalue weighted by Gasteiger charge is 2.18. The number of hydrogen-bond acceptors (Lipinski definition) is 2. The Hall–Kier alpha value is -8.60. The van der Waals surface area contributed by atoms with Gasteiger partial charge in [0.25, 0.3) is 0 Å². The number of imidazole rings is 2. The molecule has 0 atom stereocenters. The van der Waals surface area contributed by atoms with Gasteiger partial charge in [-0.05, 0) is 125 Å². The summed E-state index contributed by atoms with van der Waals surface area (Å²) in [6.45, 7) is 0. The molecule has 0 aliphatic rings. The number of nitrogens with zero attached hydrogens (tertiary/aromatic N) is 4. The Bertz CT molecular complexity index is 3640. The van der Waals surface area contributed by atoms with Crippen molar-refractivity contribution in [3.8, 4) is 67.0 Å². The van der Waals surface area contributed by atoms with Gasteiger partial charge in [-0.1, -0.05) is 158 Å². The van der Waals surface area contributed by atoms with Gasteiger partial charge in [0.2, 0.25) is 0 Å². The van der Waals surface area contributed by atoms with Crippen LogP contribution in [-0.4, -0.2) is 18.8 Å². The summed E-state index contributed by atoms with van der Waals surface area (Å²) in [6, 6.07) is 74.5. The average molecular weight is 815 g/mol. The predicted octanol–water partition coefficient (Wildman–Crippen LogP) is 15.6. The Morgan fingerprint density at radius 1 is 0.281 bits per heavy atom. The fraction of sp³-hybridized carbons (Fsp3) is 0. The zero-order valence-corrected chi connectivity index (χ0v) is 34.7. The van der Waals surface area contributed by atoms with Gasteiger partial charge >= 0.3 is 0 Å². The van der Waals surface area contributed by atoms with E-state index in [1.807, 2.05) is 12.1 Å². The van der Waals surface area contributed by atoms with E-state index < -0.39 is 0 Å². The molecule has 4 aromatic heterocycles. The lowest BCUT2D eigenvalue weighted by molar-refractivity contribution is 1.19. The molecule has 0 aliphatic carbocycles. The molecule has 13 aromatic rings. The summed E-state index contributed by atoms with van der Waals surface area (Å²) in [5.74, 6) is 0. The van der Waals surface area contributed by atoms with Crippen LogP contribution in [0.5, 0.6) is 0 Å². The summed E-state index contributed by atoms with van der Waals surface area (Å²) in [7, 11) is 0. The molecular formula is C60H38N4. The molecule has 0 aliphatic heterocycles. The largest absolute Gasteiger partial charge is 0.306 e. The quantitative estimate of drug-likeness (QED) is 0.157. The molecule has 4 nitrogen and oxygen atoms in total. The van der Waals surface area contributed by atoms with Gasteiger partial charge in [0, 0.05) is 47.0 Å². The molecule has 298 valence electrons. The van der Waals surface area contributed by atoms with Gasteiger partial charge in [-0.25, -0.2) is 9.97 Å². The van der Waals surface area contributed by atoms with Gasteiger partial charge in [0.05, 0.1) is 11.4 Å². The maximum atomic E-state index is 5.14. The highest BCUT2D eigenvalue weighted by molar-refractivity contribution is 6.22. The third-order valence-electron chi connectivity index (χ3n) is 12.9. The average Bonchev–Trinajstić information content (AvgIpc) is 4.01. The maximum absolute atomic E-state index is 5.14. The molecule has 0 amide bonds. The van der Waals surface area contributed by atoms with Gasteiger partial charge in [0.1, 0.15) is 11.3 Å². The standard InChI is InChI=1S/C60H38N4/c1-3-13-39(14-4-1)49-21-11-31-63-37-55(61-59(49)63)45-27-23-43-35-47(29-25-41(43)33-45)57-51-17-7-9-19-53(51)58(54-20-10-8-18-52(54)57)48-30-26-42-34-46(28-24-44(42)36-48)56-38-64-32-12-22-50(60(64)62-56)40-15-5-2-6-16-40/h1-38H. The van der Waals surface area contributed by atoms with Crippen LogP contribution >= 0.6 is 0 Å². The van der Waals surface area contributed by atoms with Crippen molar-refractivity contribution in [2.24, 2.45) is 0 Å². The summed E-state index contributed by atoms with van der Waals surface area (Å²) in [4.78, 5) is 10.3. The van der Waals surface area contributed by atoms with E-state index in [4.69, 9.17) is 9.97 Å². The van der Waals surface area contributed by atoms with Crippen LogP contribution in [0, 0.1) is 0 Å². The molecule has 0 N–H and O–H groups in total. The Kier molecular flexibility index (Phi) is 8.18. The fourth-order valence-corrected chi connectivity index (χ4v) is 9.86. The molecule has 0 saturated heterocycles. The molecule has 0 spiro atoms. The first kappa shape index (κ1) is 36.1. The summed E-state index contributed by atoms with van der Waals surface area (Å²) in [5.41, 5.74) is 15.5. The number of rotatable bonds is 6. The maximum Gasteiger partial charge on any atom is 0.145 e. The number of fused-ring (bicyclic) bond motifs is 6. The normalized spacial score (nSPS) is 11.8. The molecule has 9 aromatic carbocycles. The van der Waals surface area contributed by atoms with Crippen molar-refractivity contribution in [1.82, 2.24) is 18.8 Å². The zero-order chi connectivity index (χ0) is 42.1. The van der Waals surface area contributed by atoms with Crippen LogP contribution in [0.15, 0.2) is 231 Å². The first-order valence-corrected chi connectivity index (χ1v) is 21.8. The second-order valence-electron chi connectivity index (χ2n) is 16.7. The van der Waals surface area contributed by atoms with E-state index in [9.17, 15) is 0 Å². The van der Waals surface area contributed by atoms with Crippen molar-refractivity contribution in [1.29, 1.82) is 0 Å². The van der Waals surface area contributed by atoms with E-state index in [0.29, 0.717) is 0 Å². The summed E-state index contributed by atoms with van der Waals surface area (Å²) < 4.78 is 4.26. The number of benzene rings is 9. The Balaban J connectivity index is 0.879. The lowest BCUT2D eigenvalue weighted by Crippen LogP contribution is -1.91. The Morgan fingerprint density at radius 2 is 0.625 bits per heavy atom. The molecule has 13 rings (SSSR count). The van der Waals surface area contributed by atoms with E-state index in [2.05, 4.69) is 228 Å². The molecule has 64 heavy (non-hydrogen) atoms. The van der Waals surface area contributed by atoms with Crippen LogP contribution in [0.3, 0.4) is 0 Å². The highest BCUT2D eigenvalue weighted by Crippen LogP contribution is 2.45. The molecule has 0 bridgehead atoms. The highest BCUT2D eigenvalue weighted by atomic mass is 15.0. The van der Waals surface area contributed by atoms with Gasteiger partial charge in [-0.15, -0.1) is 0 Å². The van der Waals surface area contributed by atoms with Crippen LogP contribution in [0.1, 0.15) is 0 Å². The molecule has 0 unspecified atom stereocenters. The lowest BCUT2D eigenvalue weighted by atomic mass is 9.85. The van der Waals surface area contributed by atoms with Crippen LogP contribution in [0.4, 0.5) is 0 Å². The summed E-state index contributed by atoms with van der Waals surface area (Å²) >= 11 is 0. The van der Waals surface area contributed by atoms with E-state index in [1.54, 1.807) is 0 Å². The van der Waals surface area contributed by atoms with Crippen LogP contribution in [0.2, 0.25) is 0 Å². The first-order chi connectivity index (χ1) is 31.7. The molecule has 0 saturated carbocycles. The molecule has 0 fully saturated rings. The van der Waals surface area contributed by atoms with E-state index in [1.165, 1.54) is 65.3 Å². The minimum Gasteiger partial charge on any atom is -0.306 e. The summed E-state index contributed by atoms with van der Waals surface area (Å²) in [5, 5.41) is 9.72. The first-order valence-electron chi connectivity index (χ1n) is 21.8. The number of hydrogen-bond donors (Lipinski definition) is 0. The SMILES string of the molecule is c1ccc(-c2cccn3cc(-c4ccc5cc(-c6c7ccccc7c(-c7ccc8cc(-c9cn%10cccc(-c%11ccccc%11)c%10n9)ccc8c7)c7ccccc67)ccc5c4)nc23)cc1. The van der Waals surface area contributed by atoms with Crippen molar-refractivity contribution in [3.05, 3.63) is 231 Å². The number of aromatic nitrogens is 4. The van der Waals surface area contributed by atoms with E-state index in [-0.39, 0.29) is 0 Å². The van der Waals surface area contributed by atoms with E-state index in [0.717, 1.165) is 56.1 Å². The zero-order valence-electron chi connectivity index (χ0n) is 34.7. The van der Waals surface area contributed by atoms with Gasteiger partial charge in [-0.3, -0.25) is 0 Å². The van der Waals surface area contributed by atoms with Gasteiger partial charge in [-0.2, -0.15) is 0 Å². The fourth-order valence-electron chi connectivity index (χ4n) is 9.86. The summed E-state index contributed by atoms with van der Waals surface area (Å²) in [6.07, 6.45) is 8.42. The monoisotopic (exact) mass is 814 g/mol. The number of pyridine rings is 2. The Labute approximate surface area is 369 Å². The minimum atomic E-state index is 0.955. The van der Waals surface area contributed by atoms with Crippen LogP contribution < -0.4 is 0 Å². The second kappa shape index (κ2) is 14.5. The van der Waals surface area contributed by atoms with Crippen molar-refractivity contribution in [3.63, 3.8) is 0 Å². The van der Waals surface area contributed by atoms with Crippen molar-refractivity contribution in [2.75, 3.05) is 0 Å². The third-order valence-corrected chi connectivity index (χ3v) is 12.9. The van der Waals surface area contributed by atoms with Gasteiger partial charge < -0.3 is 8.80 Å². The van der Waals surface area contributed by atoms with Gasteiger partial charge in [0.15, 0.2) is 0 Å². The smallest absolute Gasteiger partial charge is 0.145 e. The Morgan fingerprint density at radius 3 is 1.02 bits per heavy atom. The molecule has 4 heterocycles. The minimum absolute atomic E-state index is 0.955. The topological polar surface area (TPSA) is 34.6 Å². The second-order valence-corrected chi connectivity index (χ2v) is 16.7. The van der Waals surface area contributed by atoms with Crippen LogP contribution in [-0.2, 0) is 0 Å². The van der Waals surface area contributed by atoms with Crippen molar-refractivity contribution < 1.29 is 0 Å². The molecule has 4 heteroatoms. The predicted molar refractivity (Wildman–Crippen MR) is 267 cm³/mol. The van der Waals surface area contributed by atoms with E-state index >= 15 is 0 Å². The third kappa shape index (κ3) is 5.92. The van der Waals surface area contributed by atoms with Crippen molar-refractivity contribution in [2.45, 2.75) is 0 Å². The molecule has 0 radical (unpaired) electrons. The van der Waals surface area contributed by atoms with Crippen LogP contribution in [0.25, 0.3) is 121 Å². The van der Waals surface area contributed by atoms with Crippen molar-refractivity contribution >= 4 is 54.4 Å². The molecular weight excluding hydrogens is 777 g/mol.